The van der Waals surface area contributed by atoms with Crippen LogP contribution in [-0.4, -0.2) is 25.7 Å². The summed E-state index contributed by atoms with van der Waals surface area (Å²) in [7, 11) is -4.18. The Bertz CT molecular complexity index is 1040. The van der Waals surface area contributed by atoms with Gasteiger partial charge in [-0.2, -0.15) is 18.4 Å². The molecule has 0 aromatic heterocycles. The lowest BCUT2D eigenvalue weighted by atomic mass is 9.95. The van der Waals surface area contributed by atoms with Gasteiger partial charge in [-0.3, -0.25) is 4.31 Å². The van der Waals surface area contributed by atoms with Crippen molar-refractivity contribution in [2.24, 2.45) is 0 Å². The van der Waals surface area contributed by atoms with Crippen LogP contribution in [0.4, 0.5) is 18.9 Å². The zero-order chi connectivity index (χ0) is 22.2. The van der Waals surface area contributed by atoms with Gasteiger partial charge in [0.25, 0.3) is 10.0 Å². The van der Waals surface area contributed by atoms with Crippen LogP contribution < -0.4 is 4.31 Å². The molecule has 0 aliphatic rings. The van der Waals surface area contributed by atoms with Gasteiger partial charge in [-0.05, 0) is 56.7 Å². The molecule has 5 nitrogen and oxygen atoms in total. The molecule has 0 bridgehead atoms. The fourth-order valence-corrected chi connectivity index (χ4v) is 4.88. The van der Waals surface area contributed by atoms with Crippen molar-refractivity contribution in [2.75, 3.05) is 4.31 Å². The van der Waals surface area contributed by atoms with Crippen molar-refractivity contribution in [3.8, 4) is 6.07 Å². The molecule has 2 aromatic rings. The maximum Gasteiger partial charge on any atom is 0.421 e. The van der Waals surface area contributed by atoms with Crippen LogP contribution in [0.15, 0.2) is 47.4 Å². The largest absolute Gasteiger partial charge is 0.421 e. The Morgan fingerprint density at radius 2 is 1.69 bits per heavy atom. The van der Waals surface area contributed by atoms with Crippen molar-refractivity contribution in [1.29, 1.82) is 5.26 Å². The number of nitrogens with zero attached hydrogens (tertiary/aromatic N) is 2. The van der Waals surface area contributed by atoms with E-state index in [1.165, 1.54) is 30.3 Å². The zero-order valence-corrected chi connectivity index (χ0v) is 17.3. The Hall–Kier alpha value is -2.28. The minimum atomic E-state index is -4.89. The second-order valence-corrected chi connectivity index (χ2v) is 8.96. The van der Waals surface area contributed by atoms with Crippen LogP contribution in [-0.2, 0) is 15.6 Å². The Balaban J connectivity index is 2.54. The van der Waals surface area contributed by atoms with E-state index in [4.69, 9.17) is 16.9 Å². The van der Waals surface area contributed by atoms with Gasteiger partial charge in [0.2, 0.25) is 0 Å². The highest BCUT2D eigenvalue weighted by molar-refractivity contribution is 7.93. The van der Waals surface area contributed by atoms with Crippen molar-refractivity contribution < 1.29 is 26.7 Å². The number of anilines is 1. The fourth-order valence-electron chi connectivity index (χ4n) is 2.70. The van der Waals surface area contributed by atoms with Gasteiger partial charge < -0.3 is 5.11 Å². The number of benzene rings is 2. The Kier molecular flexibility index (Phi) is 6.23. The number of hydrogen-bond acceptors (Lipinski definition) is 4. The summed E-state index contributed by atoms with van der Waals surface area (Å²) >= 11 is 6.05. The second-order valence-electron chi connectivity index (χ2n) is 6.77. The van der Waals surface area contributed by atoms with E-state index in [0.717, 1.165) is 16.4 Å². The van der Waals surface area contributed by atoms with E-state index in [1.54, 1.807) is 13.8 Å². The maximum absolute atomic E-state index is 13.2. The molecule has 0 fully saturated rings. The number of alkyl halides is 3. The first kappa shape index (κ1) is 23.0. The molecule has 2 rings (SSSR count). The van der Waals surface area contributed by atoms with Gasteiger partial charge in [-0.15, -0.1) is 0 Å². The van der Waals surface area contributed by atoms with Gasteiger partial charge in [0.05, 0.1) is 22.3 Å². The number of halogens is 4. The van der Waals surface area contributed by atoms with Crippen molar-refractivity contribution in [3.63, 3.8) is 0 Å². The summed E-state index contributed by atoms with van der Waals surface area (Å²) in [5.74, 6) is 0. The van der Waals surface area contributed by atoms with Gasteiger partial charge in [-0.25, -0.2) is 8.42 Å². The molecule has 156 valence electrons. The molecular weight excluding hydrogens is 429 g/mol. The van der Waals surface area contributed by atoms with E-state index in [-0.39, 0.29) is 21.2 Å². The molecule has 0 aliphatic heterocycles. The molecule has 29 heavy (non-hydrogen) atoms. The molecule has 0 saturated carbocycles. The average molecular weight is 447 g/mol. The van der Waals surface area contributed by atoms with Crippen LogP contribution in [0.3, 0.4) is 0 Å². The zero-order valence-electron chi connectivity index (χ0n) is 15.7. The quantitative estimate of drug-likeness (QED) is 0.728. The maximum atomic E-state index is 13.2. The molecule has 0 radical (unpaired) electrons. The molecule has 0 saturated heterocycles. The summed E-state index contributed by atoms with van der Waals surface area (Å²) in [4.78, 5) is -0.238. The summed E-state index contributed by atoms with van der Waals surface area (Å²) < 4.78 is 66.4. The van der Waals surface area contributed by atoms with E-state index < -0.39 is 33.4 Å². The minimum absolute atomic E-state index is 0.0992. The molecule has 0 amide bonds. The highest BCUT2D eigenvalue weighted by atomic mass is 35.5. The standard InChI is InChI=1S/C19H18ClF3N2O3S/c1-12(2)25(29(27,28)17-9-4-13(11-24)10-16(17)20)15-7-5-14(6-8-15)18(3,26)19(21,22)23/h4-10,12,26H,1-3H3. The highest BCUT2D eigenvalue weighted by Crippen LogP contribution is 2.39. The molecule has 1 N–H and O–H groups in total. The van der Waals surface area contributed by atoms with Gasteiger partial charge in [-0.1, -0.05) is 23.7 Å². The summed E-state index contributed by atoms with van der Waals surface area (Å²) in [5, 5.41) is 18.5. The van der Waals surface area contributed by atoms with Gasteiger partial charge >= 0.3 is 6.18 Å². The second kappa shape index (κ2) is 7.86. The van der Waals surface area contributed by atoms with Crippen molar-refractivity contribution in [3.05, 3.63) is 58.6 Å². The first-order valence-corrected chi connectivity index (χ1v) is 10.2. The van der Waals surface area contributed by atoms with Crippen molar-refractivity contribution in [1.82, 2.24) is 0 Å². The fraction of sp³-hybridized carbons (Fsp3) is 0.316. The van der Waals surface area contributed by atoms with Crippen LogP contribution >= 0.6 is 11.6 Å². The van der Waals surface area contributed by atoms with Crippen LogP contribution in [0, 0.1) is 11.3 Å². The predicted molar refractivity (Wildman–Crippen MR) is 103 cm³/mol. The molecule has 1 atom stereocenters. The minimum Gasteiger partial charge on any atom is -0.376 e. The third-order valence-electron chi connectivity index (χ3n) is 4.30. The van der Waals surface area contributed by atoms with Gasteiger partial charge in [0.15, 0.2) is 5.60 Å². The summed E-state index contributed by atoms with van der Waals surface area (Å²) in [6.07, 6.45) is -4.89. The monoisotopic (exact) mass is 446 g/mol. The number of hydrogen-bond donors (Lipinski definition) is 1. The lowest BCUT2D eigenvalue weighted by Gasteiger charge is -2.30. The Morgan fingerprint density at radius 1 is 1.14 bits per heavy atom. The van der Waals surface area contributed by atoms with Crippen LogP contribution in [0.25, 0.3) is 0 Å². The lowest BCUT2D eigenvalue weighted by molar-refractivity contribution is -0.258. The SMILES string of the molecule is CC(C)N(c1ccc(C(C)(O)C(F)(F)F)cc1)S(=O)(=O)c1ccc(C#N)cc1Cl. The van der Waals surface area contributed by atoms with E-state index in [2.05, 4.69) is 0 Å². The third kappa shape index (κ3) is 4.34. The molecule has 0 aliphatic carbocycles. The summed E-state index contributed by atoms with van der Waals surface area (Å²) in [5.41, 5.74) is -3.22. The molecule has 0 spiro atoms. The van der Waals surface area contributed by atoms with E-state index >= 15 is 0 Å². The highest BCUT2D eigenvalue weighted by Gasteiger charge is 2.51. The van der Waals surface area contributed by atoms with E-state index in [0.29, 0.717) is 6.92 Å². The third-order valence-corrected chi connectivity index (χ3v) is 6.79. The molecule has 2 aromatic carbocycles. The first-order valence-electron chi connectivity index (χ1n) is 8.37. The first-order chi connectivity index (χ1) is 13.2. The predicted octanol–water partition coefficient (Wildman–Crippen LogP) is 4.59. The molecule has 10 heteroatoms. The van der Waals surface area contributed by atoms with Gasteiger partial charge in [0, 0.05) is 6.04 Å². The molecule has 1 unspecified atom stereocenters. The number of rotatable bonds is 5. The molecular formula is C19H18ClF3N2O3S. The number of nitriles is 1. The summed E-state index contributed by atoms with van der Waals surface area (Å²) in [6, 6.07) is 9.40. The van der Waals surface area contributed by atoms with Crippen LogP contribution in [0.1, 0.15) is 31.9 Å². The Morgan fingerprint density at radius 3 is 2.10 bits per heavy atom. The van der Waals surface area contributed by atoms with Crippen LogP contribution in [0.2, 0.25) is 5.02 Å². The van der Waals surface area contributed by atoms with E-state index in [1.807, 2.05) is 6.07 Å². The molecule has 0 heterocycles. The normalized spacial score (nSPS) is 14.3. The van der Waals surface area contributed by atoms with E-state index in [9.17, 15) is 26.7 Å². The summed E-state index contributed by atoms with van der Waals surface area (Å²) in [6.45, 7) is 3.80. The van der Waals surface area contributed by atoms with Gasteiger partial charge in [0.1, 0.15) is 4.90 Å². The van der Waals surface area contributed by atoms with Crippen molar-refractivity contribution in [2.45, 2.75) is 43.5 Å². The van der Waals surface area contributed by atoms with Crippen molar-refractivity contribution >= 4 is 27.3 Å². The smallest absolute Gasteiger partial charge is 0.376 e. The number of aliphatic hydroxyl groups is 1. The topological polar surface area (TPSA) is 81.4 Å². The number of sulfonamides is 1. The van der Waals surface area contributed by atoms with Crippen LogP contribution in [0.5, 0.6) is 0 Å². The Labute approximate surface area is 172 Å². The average Bonchev–Trinajstić information content (AvgIpc) is 2.60. The lowest BCUT2D eigenvalue weighted by Crippen LogP contribution is -2.39.